The van der Waals surface area contributed by atoms with Gasteiger partial charge in [-0.15, -0.1) is 0 Å². The van der Waals surface area contributed by atoms with E-state index in [4.69, 9.17) is 4.74 Å². The maximum Gasteiger partial charge on any atom is 0.357 e. The molecule has 1 N–H and O–H groups in total. The number of unbranched alkanes of at least 4 members (excludes halogenated alkanes) is 1. The van der Waals surface area contributed by atoms with E-state index >= 15 is 0 Å². The van der Waals surface area contributed by atoms with Crippen molar-refractivity contribution < 1.29 is 14.6 Å². The second-order valence-corrected chi connectivity index (χ2v) is 8.61. The monoisotopic (exact) mass is 471 g/mol. The van der Waals surface area contributed by atoms with E-state index in [9.17, 15) is 9.90 Å². The highest BCUT2D eigenvalue weighted by atomic mass is 79.9. The molecule has 0 bridgehead atoms. The second kappa shape index (κ2) is 9.16. The van der Waals surface area contributed by atoms with Gasteiger partial charge >= 0.3 is 5.97 Å². The summed E-state index contributed by atoms with van der Waals surface area (Å²) in [6, 6.07) is 8.07. The van der Waals surface area contributed by atoms with Crippen LogP contribution in [0, 0.1) is 0 Å². The summed E-state index contributed by atoms with van der Waals surface area (Å²) < 4.78 is 7.96. The third-order valence-corrected chi connectivity index (χ3v) is 6.48. The maximum absolute atomic E-state index is 11.6. The second-order valence-electron chi connectivity index (χ2n) is 7.82. The number of carboxylic acids is 1. The van der Waals surface area contributed by atoms with Crippen LogP contribution in [0.5, 0.6) is 5.75 Å². The average Bonchev–Trinajstić information content (AvgIpc) is 3.11. The molecule has 0 aliphatic heterocycles. The third-order valence-electron chi connectivity index (χ3n) is 5.75. The molecule has 1 saturated carbocycles. The predicted octanol–water partition coefficient (Wildman–Crippen LogP) is 6.08. The molecular weight excluding hydrogens is 446 g/mol. The van der Waals surface area contributed by atoms with Crippen molar-refractivity contribution in [3.8, 4) is 16.9 Å². The van der Waals surface area contributed by atoms with Crippen molar-refractivity contribution in [3.05, 3.63) is 46.3 Å². The van der Waals surface area contributed by atoms with Crippen LogP contribution in [0.15, 0.2) is 34.9 Å². The summed E-state index contributed by atoms with van der Waals surface area (Å²) in [6.07, 6.45) is 9.73. The normalized spacial score (nSPS) is 14.9. The highest BCUT2D eigenvalue weighted by Gasteiger charge is 2.27. The number of rotatable bonds is 7. The summed E-state index contributed by atoms with van der Waals surface area (Å²) in [5.41, 5.74) is 3.64. The molecule has 0 spiro atoms. The van der Waals surface area contributed by atoms with Crippen LogP contribution in [0.4, 0.5) is 0 Å². The Morgan fingerprint density at radius 3 is 2.63 bits per heavy atom. The minimum Gasteiger partial charge on any atom is -0.494 e. The molecule has 7 heteroatoms. The summed E-state index contributed by atoms with van der Waals surface area (Å²) >= 11 is 3.39. The van der Waals surface area contributed by atoms with Crippen LogP contribution in [0.1, 0.15) is 74.0 Å². The van der Waals surface area contributed by atoms with Crippen LogP contribution in [0.25, 0.3) is 16.8 Å². The highest BCUT2D eigenvalue weighted by Crippen LogP contribution is 2.39. The number of carboxylic acid groups (broad SMARTS) is 1. The largest absolute Gasteiger partial charge is 0.494 e. The van der Waals surface area contributed by atoms with E-state index in [2.05, 4.69) is 32.9 Å². The molecule has 0 saturated heterocycles. The zero-order valence-corrected chi connectivity index (χ0v) is 18.7. The number of aromatic nitrogens is 3. The number of benzene rings is 1. The molecule has 1 aliphatic carbocycles. The molecule has 6 nitrogen and oxygen atoms in total. The predicted molar refractivity (Wildman–Crippen MR) is 119 cm³/mol. The van der Waals surface area contributed by atoms with Crippen molar-refractivity contribution in [2.24, 2.45) is 0 Å². The van der Waals surface area contributed by atoms with Crippen molar-refractivity contribution in [2.75, 3.05) is 6.61 Å². The molecule has 158 valence electrons. The van der Waals surface area contributed by atoms with Crippen LogP contribution >= 0.6 is 15.9 Å². The standard InChI is InChI=1S/C23H26BrN3O3/c1-2-3-13-30-17-11-9-15(10-12-17)18-14-25-22-19(24)20(23(28)29)26-27(22)21(18)16-7-5-4-6-8-16/h9-12,14,16H,2-8,13H2,1H3,(H,28,29). The molecule has 4 rings (SSSR count). The van der Waals surface area contributed by atoms with E-state index in [0.29, 0.717) is 16.0 Å². The SMILES string of the molecule is CCCCOc1ccc(-c2cnc3c(Br)c(C(=O)O)nn3c2C2CCCCC2)cc1. The Labute approximate surface area is 184 Å². The Kier molecular flexibility index (Phi) is 6.37. The van der Waals surface area contributed by atoms with Gasteiger partial charge in [-0.25, -0.2) is 14.3 Å². The van der Waals surface area contributed by atoms with Gasteiger partial charge < -0.3 is 9.84 Å². The van der Waals surface area contributed by atoms with Gasteiger partial charge in [-0.3, -0.25) is 0 Å². The third kappa shape index (κ3) is 4.08. The highest BCUT2D eigenvalue weighted by molar-refractivity contribution is 9.10. The van der Waals surface area contributed by atoms with Gasteiger partial charge in [0, 0.05) is 17.7 Å². The van der Waals surface area contributed by atoms with Crippen molar-refractivity contribution >= 4 is 27.5 Å². The van der Waals surface area contributed by atoms with Crippen LogP contribution in [0.3, 0.4) is 0 Å². The summed E-state index contributed by atoms with van der Waals surface area (Å²) in [5.74, 6) is 0.126. The van der Waals surface area contributed by atoms with Crippen molar-refractivity contribution in [3.63, 3.8) is 0 Å². The topological polar surface area (TPSA) is 76.7 Å². The smallest absolute Gasteiger partial charge is 0.357 e. The van der Waals surface area contributed by atoms with E-state index in [-0.39, 0.29) is 5.69 Å². The van der Waals surface area contributed by atoms with Gasteiger partial charge in [0.25, 0.3) is 0 Å². The number of carbonyl (C=O) groups is 1. The lowest BCUT2D eigenvalue weighted by Crippen LogP contribution is -2.13. The molecule has 30 heavy (non-hydrogen) atoms. The average molecular weight is 472 g/mol. The van der Waals surface area contributed by atoms with Crippen molar-refractivity contribution in [1.82, 2.24) is 14.6 Å². The Balaban J connectivity index is 1.79. The molecule has 0 radical (unpaired) electrons. The van der Waals surface area contributed by atoms with Gasteiger partial charge in [-0.05, 0) is 52.9 Å². The molecule has 1 fully saturated rings. The maximum atomic E-state index is 11.6. The van der Waals surface area contributed by atoms with E-state index in [1.165, 1.54) is 19.3 Å². The first-order valence-corrected chi connectivity index (χ1v) is 11.4. The first-order valence-electron chi connectivity index (χ1n) is 10.6. The zero-order chi connectivity index (χ0) is 21.1. The summed E-state index contributed by atoms with van der Waals surface area (Å²) in [7, 11) is 0. The first-order chi connectivity index (χ1) is 14.6. The minimum atomic E-state index is -1.06. The van der Waals surface area contributed by atoms with Gasteiger partial charge in [-0.2, -0.15) is 5.10 Å². The Bertz CT molecular complexity index is 1040. The Hall–Kier alpha value is -2.41. The van der Waals surface area contributed by atoms with Crippen molar-refractivity contribution in [2.45, 2.75) is 57.8 Å². The number of fused-ring (bicyclic) bond motifs is 1. The lowest BCUT2D eigenvalue weighted by atomic mass is 9.84. The van der Waals surface area contributed by atoms with Gasteiger partial charge in [0.2, 0.25) is 0 Å². The van der Waals surface area contributed by atoms with Crippen LogP contribution in [0.2, 0.25) is 0 Å². The number of hydrogen-bond acceptors (Lipinski definition) is 4. The fourth-order valence-corrected chi connectivity index (χ4v) is 4.69. The van der Waals surface area contributed by atoms with E-state index in [1.807, 2.05) is 30.5 Å². The van der Waals surface area contributed by atoms with Crippen molar-refractivity contribution in [1.29, 1.82) is 0 Å². The van der Waals surface area contributed by atoms with Crippen LogP contribution < -0.4 is 4.74 Å². The Morgan fingerprint density at radius 2 is 1.97 bits per heavy atom. The number of ether oxygens (including phenoxy) is 1. The van der Waals surface area contributed by atoms with Crippen LogP contribution in [-0.2, 0) is 0 Å². The molecule has 0 amide bonds. The lowest BCUT2D eigenvalue weighted by Gasteiger charge is -2.25. The quantitative estimate of drug-likeness (QED) is 0.422. The Morgan fingerprint density at radius 1 is 1.23 bits per heavy atom. The molecule has 0 atom stereocenters. The molecule has 2 heterocycles. The zero-order valence-electron chi connectivity index (χ0n) is 17.1. The summed E-state index contributed by atoms with van der Waals surface area (Å²) in [5, 5.41) is 13.9. The lowest BCUT2D eigenvalue weighted by molar-refractivity contribution is 0.0689. The number of halogens is 1. The fraction of sp³-hybridized carbons (Fsp3) is 0.435. The van der Waals surface area contributed by atoms with Gasteiger partial charge in [0.1, 0.15) is 5.75 Å². The summed E-state index contributed by atoms with van der Waals surface area (Å²) in [6.45, 7) is 2.86. The minimum absolute atomic E-state index is 0.00335. The van der Waals surface area contributed by atoms with E-state index in [0.717, 1.165) is 54.9 Å². The first kappa shape index (κ1) is 20.8. The van der Waals surface area contributed by atoms with Gasteiger partial charge in [-0.1, -0.05) is 44.7 Å². The van der Waals surface area contributed by atoms with Gasteiger partial charge in [0.05, 0.1) is 16.8 Å². The molecule has 3 aromatic rings. The molecular formula is C23H26BrN3O3. The number of nitrogens with zero attached hydrogens (tertiary/aromatic N) is 3. The van der Waals surface area contributed by atoms with E-state index in [1.54, 1.807) is 4.52 Å². The fourth-order valence-electron chi connectivity index (χ4n) is 4.17. The van der Waals surface area contributed by atoms with E-state index < -0.39 is 5.97 Å². The summed E-state index contributed by atoms with van der Waals surface area (Å²) in [4.78, 5) is 16.2. The molecule has 1 aromatic carbocycles. The number of hydrogen-bond donors (Lipinski definition) is 1. The molecule has 1 aliphatic rings. The molecule has 2 aromatic heterocycles. The van der Waals surface area contributed by atoms with Crippen LogP contribution in [-0.4, -0.2) is 32.3 Å². The number of aromatic carboxylic acids is 1. The molecule has 0 unspecified atom stereocenters. The van der Waals surface area contributed by atoms with Gasteiger partial charge in [0.15, 0.2) is 11.3 Å².